The molecule has 0 aliphatic carbocycles. The van der Waals surface area contributed by atoms with Crippen LogP contribution in [0.15, 0.2) is 53.4 Å². The first-order chi connectivity index (χ1) is 13.4. The van der Waals surface area contributed by atoms with E-state index in [1.165, 1.54) is 23.5 Å². The number of carbonyl (C=O) groups is 1. The van der Waals surface area contributed by atoms with Crippen LogP contribution in [-0.2, 0) is 14.8 Å². The summed E-state index contributed by atoms with van der Waals surface area (Å²) in [7, 11) is -2.16. The Labute approximate surface area is 164 Å². The molecule has 1 atom stereocenters. The molecule has 146 valence electrons. The second-order valence-corrected chi connectivity index (χ2v) is 8.50. The number of rotatable bonds is 5. The summed E-state index contributed by atoms with van der Waals surface area (Å²) in [6.07, 6.45) is 1.21. The third-order valence-corrected chi connectivity index (χ3v) is 6.59. The lowest BCUT2D eigenvalue weighted by atomic mass is 9.98. The molecule has 0 saturated carbocycles. The van der Waals surface area contributed by atoms with E-state index in [1.807, 2.05) is 6.07 Å². The molecule has 0 bridgehead atoms. The van der Waals surface area contributed by atoms with Gasteiger partial charge in [0.25, 0.3) is 0 Å². The SMILES string of the molecule is COc1ccc(S(=O)(=O)N2CCC[C@@H](C(=O)Nc3cccc(C#N)c3)C2)cc1. The zero-order valence-electron chi connectivity index (χ0n) is 15.5. The Bertz CT molecular complexity index is 997. The number of carbonyl (C=O) groups excluding carboxylic acids is 1. The van der Waals surface area contributed by atoms with Gasteiger partial charge in [-0.25, -0.2) is 8.42 Å². The molecule has 8 heteroatoms. The molecule has 1 amide bonds. The van der Waals surface area contributed by atoms with Gasteiger partial charge >= 0.3 is 0 Å². The average molecular weight is 399 g/mol. The maximum atomic E-state index is 12.9. The summed E-state index contributed by atoms with van der Waals surface area (Å²) < 4.78 is 32.3. The molecule has 28 heavy (non-hydrogen) atoms. The van der Waals surface area contributed by atoms with Gasteiger partial charge in [0.1, 0.15) is 5.75 Å². The molecule has 1 N–H and O–H groups in total. The topological polar surface area (TPSA) is 99.5 Å². The first kappa shape index (κ1) is 19.9. The molecule has 1 heterocycles. The van der Waals surface area contributed by atoms with Gasteiger partial charge in [-0.1, -0.05) is 6.07 Å². The summed E-state index contributed by atoms with van der Waals surface area (Å²) in [5, 5.41) is 11.8. The van der Waals surface area contributed by atoms with Gasteiger partial charge in [-0.3, -0.25) is 4.79 Å². The summed E-state index contributed by atoms with van der Waals surface area (Å²) in [5.74, 6) is -0.119. The molecule has 1 saturated heterocycles. The van der Waals surface area contributed by atoms with E-state index in [0.717, 1.165) is 0 Å². The van der Waals surface area contributed by atoms with E-state index < -0.39 is 15.9 Å². The predicted molar refractivity (Wildman–Crippen MR) is 104 cm³/mol. The molecule has 2 aromatic rings. The number of nitrogens with zero attached hydrogens (tertiary/aromatic N) is 2. The van der Waals surface area contributed by atoms with Crippen LogP contribution in [0, 0.1) is 17.2 Å². The number of anilines is 1. The predicted octanol–water partition coefficient (Wildman–Crippen LogP) is 2.61. The van der Waals surface area contributed by atoms with Crippen molar-refractivity contribution in [2.24, 2.45) is 5.92 Å². The van der Waals surface area contributed by atoms with Crippen molar-refractivity contribution in [2.75, 3.05) is 25.5 Å². The molecule has 1 aliphatic heterocycles. The van der Waals surface area contributed by atoms with Gasteiger partial charge < -0.3 is 10.1 Å². The van der Waals surface area contributed by atoms with Gasteiger partial charge in [0.05, 0.1) is 29.6 Å². The van der Waals surface area contributed by atoms with E-state index in [4.69, 9.17) is 10.00 Å². The number of methoxy groups -OCH3 is 1. The number of ether oxygens (including phenoxy) is 1. The number of hydrogen-bond donors (Lipinski definition) is 1. The number of sulfonamides is 1. The van der Waals surface area contributed by atoms with Crippen molar-refractivity contribution in [3.8, 4) is 11.8 Å². The zero-order valence-corrected chi connectivity index (χ0v) is 16.3. The summed E-state index contributed by atoms with van der Waals surface area (Å²) in [4.78, 5) is 12.8. The number of hydrogen-bond acceptors (Lipinski definition) is 5. The molecular weight excluding hydrogens is 378 g/mol. The van der Waals surface area contributed by atoms with Crippen LogP contribution in [0.5, 0.6) is 5.75 Å². The van der Waals surface area contributed by atoms with Crippen LogP contribution in [0.25, 0.3) is 0 Å². The molecule has 0 aromatic heterocycles. The van der Waals surface area contributed by atoms with Crippen LogP contribution in [0.4, 0.5) is 5.69 Å². The first-order valence-corrected chi connectivity index (χ1v) is 10.3. The van der Waals surface area contributed by atoms with Crippen LogP contribution in [0.3, 0.4) is 0 Å². The lowest BCUT2D eigenvalue weighted by molar-refractivity contribution is -0.120. The fourth-order valence-electron chi connectivity index (χ4n) is 3.18. The molecule has 2 aromatic carbocycles. The van der Waals surface area contributed by atoms with Gasteiger partial charge in [0.15, 0.2) is 0 Å². The first-order valence-electron chi connectivity index (χ1n) is 8.89. The van der Waals surface area contributed by atoms with Crippen molar-refractivity contribution in [3.05, 3.63) is 54.1 Å². The standard InChI is InChI=1S/C20H21N3O4S/c1-27-18-7-9-19(10-8-18)28(25,26)23-11-3-5-16(14-23)20(24)22-17-6-2-4-15(12-17)13-21/h2,4,6-10,12,16H,3,5,11,14H2,1H3,(H,22,24)/t16-/m1/s1. The fourth-order valence-corrected chi connectivity index (χ4v) is 4.71. The summed E-state index contributed by atoms with van der Waals surface area (Å²) >= 11 is 0. The molecule has 0 radical (unpaired) electrons. The third-order valence-electron chi connectivity index (χ3n) is 4.71. The van der Waals surface area contributed by atoms with Gasteiger partial charge in [-0.15, -0.1) is 0 Å². The van der Waals surface area contributed by atoms with Crippen LogP contribution < -0.4 is 10.1 Å². The number of piperidine rings is 1. The van der Waals surface area contributed by atoms with E-state index in [2.05, 4.69) is 5.32 Å². The van der Waals surface area contributed by atoms with Crippen LogP contribution in [-0.4, -0.2) is 38.8 Å². The molecule has 1 aliphatic rings. The molecule has 0 spiro atoms. The van der Waals surface area contributed by atoms with Gasteiger partial charge in [0.2, 0.25) is 15.9 Å². The van der Waals surface area contributed by atoms with E-state index >= 15 is 0 Å². The highest BCUT2D eigenvalue weighted by Crippen LogP contribution is 2.26. The van der Waals surface area contributed by atoms with Crippen LogP contribution >= 0.6 is 0 Å². The van der Waals surface area contributed by atoms with Crippen molar-refractivity contribution in [1.29, 1.82) is 5.26 Å². The highest BCUT2D eigenvalue weighted by molar-refractivity contribution is 7.89. The van der Waals surface area contributed by atoms with Crippen molar-refractivity contribution in [1.82, 2.24) is 4.31 Å². The van der Waals surface area contributed by atoms with E-state index in [-0.39, 0.29) is 17.3 Å². The fraction of sp³-hybridized carbons (Fsp3) is 0.300. The van der Waals surface area contributed by atoms with E-state index in [9.17, 15) is 13.2 Å². The molecule has 3 rings (SSSR count). The summed E-state index contributed by atoms with van der Waals surface area (Å²) in [6.45, 7) is 0.500. The highest BCUT2D eigenvalue weighted by atomic mass is 32.2. The Morgan fingerprint density at radius 3 is 2.68 bits per heavy atom. The Hall–Kier alpha value is -2.89. The normalized spacial score (nSPS) is 17.5. The minimum atomic E-state index is -3.68. The van der Waals surface area contributed by atoms with Crippen molar-refractivity contribution in [3.63, 3.8) is 0 Å². The third kappa shape index (κ3) is 4.32. The second kappa shape index (κ2) is 8.42. The van der Waals surface area contributed by atoms with Gasteiger partial charge in [0, 0.05) is 18.8 Å². The zero-order chi connectivity index (χ0) is 20.1. The summed E-state index contributed by atoms with van der Waals surface area (Å²) in [5.41, 5.74) is 0.976. The van der Waals surface area contributed by atoms with Gasteiger partial charge in [-0.05, 0) is 55.3 Å². The maximum absolute atomic E-state index is 12.9. The largest absolute Gasteiger partial charge is 0.497 e. The molecule has 1 fully saturated rings. The Morgan fingerprint density at radius 1 is 1.25 bits per heavy atom. The molecule has 7 nitrogen and oxygen atoms in total. The van der Waals surface area contributed by atoms with Crippen LogP contribution in [0.1, 0.15) is 18.4 Å². The monoisotopic (exact) mass is 399 g/mol. The van der Waals surface area contributed by atoms with Crippen LogP contribution in [0.2, 0.25) is 0 Å². The Morgan fingerprint density at radius 2 is 2.00 bits per heavy atom. The minimum Gasteiger partial charge on any atom is -0.497 e. The Kier molecular flexibility index (Phi) is 5.97. The number of nitrogens with one attached hydrogen (secondary N) is 1. The number of benzene rings is 2. The van der Waals surface area contributed by atoms with Crippen molar-refractivity contribution >= 4 is 21.6 Å². The quantitative estimate of drug-likeness (QED) is 0.833. The number of nitriles is 1. The van der Waals surface area contributed by atoms with E-state index in [0.29, 0.717) is 36.4 Å². The van der Waals surface area contributed by atoms with Crippen molar-refractivity contribution in [2.45, 2.75) is 17.7 Å². The smallest absolute Gasteiger partial charge is 0.243 e. The number of amides is 1. The second-order valence-electron chi connectivity index (χ2n) is 6.56. The lowest BCUT2D eigenvalue weighted by Gasteiger charge is -2.31. The highest BCUT2D eigenvalue weighted by Gasteiger charge is 2.33. The Balaban J connectivity index is 1.71. The molecular formula is C20H21N3O4S. The summed E-state index contributed by atoms with van der Waals surface area (Å²) in [6, 6.07) is 14.9. The average Bonchev–Trinajstić information content (AvgIpc) is 2.74. The minimum absolute atomic E-state index is 0.123. The van der Waals surface area contributed by atoms with Gasteiger partial charge in [-0.2, -0.15) is 9.57 Å². The lowest BCUT2D eigenvalue weighted by Crippen LogP contribution is -2.43. The van der Waals surface area contributed by atoms with Crippen molar-refractivity contribution < 1.29 is 17.9 Å². The van der Waals surface area contributed by atoms with E-state index in [1.54, 1.807) is 36.4 Å². The maximum Gasteiger partial charge on any atom is 0.243 e. The molecule has 0 unspecified atom stereocenters.